The van der Waals surface area contributed by atoms with Crippen LogP contribution in [0, 0.1) is 0 Å². The van der Waals surface area contributed by atoms with Crippen LogP contribution in [0.5, 0.6) is 0 Å². The fraction of sp³-hybridized carbons (Fsp3) is 0.306. The van der Waals surface area contributed by atoms with Crippen LogP contribution in [0.15, 0.2) is 121 Å². The summed E-state index contributed by atoms with van der Waals surface area (Å²) in [7, 11) is 0. The minimum atomic E-state index is -0.409. The lowest BCUT2D eigenvalue weighted by atomic mass is 9.95. The lowest BCUT2D eigenvalue weighted by molar-refractivity contribution is -0.178. The van der Waals surface area contributed by atoms with Gasteiger partial charge >= 0.3 is 0 Å². The van der Waals surface area contributed by atoms with Gasteiger partial charge in [0.1, 0.15) is 6.10 Å². The fourth-order valence-corrected chi connectivity index (χ4v) is 5.21. The summed E-state index contributed by atoms with van der Waals surface area (Å²) in [6, 6.07) is 39.9. The molecule has 1 aliphatic rings. The summed E-state index contributed by atoms with van der Waals surface area (Å²) in [6.45, 7) is 2.95. The van der Waals surface area contributed by atoms with Gasteiger partial charge < -0.3 is 23.8 Å². The third-order valence-corrected chi connectivity index (χ3v) is 7.42. The van der Waals surface area contributed by atoms with Gasteiger partial charge in [-0.1, -0.05) is 121 Å². The highest BCUT2D eigenvalue weighted by atomic mass is 16.5. The lowest BCUT2D eigenvalue weighted by Gasteiger charge is -2.44. The second-order valence-corrected chi connectivity index (χ2v) is 10.5. The number of hydrogen-bond donors (Lipinski definition) is 0. The van der Waals surface area contributed by atoms with Crippen LogP contribution in [-0.4, -0.2) is 48.8 Å². The maximum Gasteiger partial charge on any atom is 0.225 e. The Labute approximate surface area is 248 Å². The largest absolute Gasteiger partial charge is 0.375 e. The van der Waals surface area contributed by atoms with E-state index >= 15 is 0 Å². The number of rotatable bonds is 15. The van der Waals surface area contributed by atoms with Crippen molar-refractivity contribution in [3.05, 3.63) is 144 Å². The Morgan fingerprint density at radius 2 is 1.02 bits per heavy atom. The number of likely N-dealkylation sites (tertiary alicyclic amines) is 1. The third-order valence-electron chi connectivity index (χ3n) is 7.42. The molecule has 5 rings (SSSR count). The standard InChI is InChI=1S/C36H39NO5/c38-35-23-34(41-26-31-17-9-3-10-18-31)36(42-27-32-19-11-4-12-20-32)33(28-40-25-30-15-7-2-8-16-30)37(35)21-22-39-24-29-13-5-1-6-14-29/h1-20,33-34,36H,21-28H2/t33-,34-,36+/m1/s1. The lowest BCUT2D eigenvalue weighted by Crippen LogP contribution is -2.61. The molecule has 3 atom stereocenters. The summed E-state index contributed by atoms with van der Waals surface area (Å²) < 4.78 is 25.2. The first-order chi connectivity index (χ1) is 20.8. The predicted molar refractivity (Wildman–Crippen MR) is 162 cm³/mol. The van der Waals surface area contributed by atoms with Gasteiger partial charge in [0.15, 0.2) is 0 Å². The third kappa shape index (κ3) is 8.84. The number of ether oxygens (including phenoxy) is 4. The van der Waals surface area contributed by atoms with Crippen LogP contribution >= 0.6 is 0 Å². The molecule has 0 spiro atoms. The van der Waals surface area contributed by atoms with Crippen LogP contribution in [0.3, 0.4) is 0 Å². The second kappa shape index (κ2) is 16.0. The van der Waals surface area contributed by atoms with Crippen molar-refractivity contribution < 1.29 is 23.7 Å². The molecule has 4 aromatic carbocycles. The Morgan fingerprint density at radius 1 is 0.571 bits per heavy atom. The van der Waals surface area contributed by atoms with Crippen LogP contribution in [0.25, 0.3) is 0 Å². The Bertz CT molecular complexity index is 1320. The Morgan fingerprint density at radius 3 is 1.55 bits per heavy atom. The number of carbonyl (C=O) groups is 1. The van der Waals surface area contributed by atoms with Crippen molar-refractivity contribution in [1.29, 1.82) is 0 Å². The van der Waals surface area contributed by atoms with Gasteiger partial charge in [-0.25, -0.2) is 0 Å². The molecule has 0 radical (unpaired) electrons. The van der Waals surface area contributed by atoms with Crippen molar-refractivity contribution in [3.8, 4) is 0 Å². The molecule has 42 heavy (non-hydrogen) atoms. The van der Waals surface area contributed by atoms with Crippen LogP contribution in [0.2, 0.25) is 0 Å². The van der Waals surface area contributed by atoms with Crippen molar-refractivity contribution >= 4 is 5.91 Å². The first kappa shape index (κ1) is 29.7. The molecule has 1 fully saturated rings. The van der Waals surface area contributed by atoms with Gasteiger partial charge in [0, 0.05) is 6.54 Å². The van der Waals surface area contributed by atoms with E-state index in [-0.39, 0.29) is 24.5 Å². The van der Waals surface area contributed by atoms with E-state index in [9.17, 15) is 4.79 Å². The monoisotopic (exact) mass is 565 g/mol. The predicted octanol–water partition coefficient (Wildman–Crippen LogP) is 6.19. The summed E-state index contributed by atoms with van der Waals surface area (Å²) in [5.41, 5.74) is 4.30. The molecule has 6 heteroatoms. The van der Waals surface area contributed by atoms with Gasteiger partial charge in [0.25, 0.3) is 0 Å². The van der Waals surface area contributed by atoms with Gasteiger partial charge in [0.2, 0.25) is 5.91 Å². The number of piperidine rings is 1. The average Bonchev–Trinajstić information content (AvgIpc) is 3.04. The van der Waals surface area contributed by atoms with Gasteiger partial charge in [0.05, 0.1) is 58.2 Å². The van der Waals surface area contributed by atoms with E-state index in [0.29, 0.717) is 46.2 Å². The van der Waals surface area contributed by atoms with E-state index in [1.165, 1.54) is 0 Å². The number of amides is 1. The van der Waals surface area contributed by atoms with Crippen LogP contribution < -0.4 is 0 Å². The molecule has 1 saturated heterocycles. The normalized spacial score (nSPS) is 18.7. The smallest absolute Gasteiger partial charge is 0.225 e. The molecule has 0 unspecified atom stereocenters. The maximum absolute atomic E-state index is 13.6. The highest BCUT2D eigenvalue weighted by Gasteiger charge is 2.43. The molecule has 0 aliphatic carbocycles. The summed E-state index contributed by atoms with van der Waals surface area (Å²) >= 11 is 0. The molecule has 218 valence electrons. The molecule has 0 aromatic heterocycles. The zero-order chi connectivity index (χ0) is 28.8. The van der Waals surface area contributed by atoms with Crippen molar-refractivity contribution in [2.45, 2.75) is 51.1 Å². The molecule has 0 saturated carbocycles. The fourth-order valence-electron chi connectivity index (χ4n) is 5.21. The topological polar surface area (TPSA) is 57.2 Å². The number of carbonyl (C=O) groups excluding carboxylic acids is 1. The molecule has 1 amide bonds. The van der Waals surface area contributed by atoms with Crippen molar-refractivity contribution in [2.24, 2.45) is 0 Å². The van der Waals surface area contributed by atoms with Gasteiger partial charge in [-0.15, -0.1) is 0 Å². The van der Waals surface area contributed by atoms with E-state index in [2.05, 4.69) is 0 Å². The summed E-state index contributed by atoms with van der Waals surface area (Å²) in [5.74, 6) is 0.0178. The quantitative estimate of drug-likeness (QED) is 0.161. The van der Waals surface area contributed by atoms with Crippen LogP contribution in [0.1, 0.15) is 28.7 Å². The molecule has 4 aromatic rings. The zero-order valence-corrected chi connectivity index (χ0v) is 23.9. The van der Waals surface area contributed by atoms with Gasteiger partial charge in [-0.3, -0.25) is 4.79 Å². The average molecular weight is 566 g/mol. The summed E-state index contributed by atoms with van der Waals surface area (Å²) in [5, 5.41) is 0. The molecule has 6 nitrogen and oxygen atoms in total. The number of hydrogen-bond acceptors (Lipinski definition) is 5. The van der Waals surface area contributed by atoms with E-state index in [4.69, 9.17) is 18.9 Å². The summed E-state index contributed by atoms with van der Waals surface area (Å²) in [4.78, 5) is 15.5. The van der Waals surface area contributed by atoms with E-state index < -0.39 is 6.10 Å². The zero-order valence-electron chi connectivity index (χ0n) is 23.9. The minimum Gasteiger partial charge on any atom is -0.375 e. The highest BCUT2D eigenvalue weighted by Crippen LogP contribution is 2.27. The van der Waals surface area contributed by atoms with E-state index in [1.807, 2.05) is 126 Å². The van der Waals surface area contributed by atoms with Gasteiger partial charge in [-0.05, 0) is 22.3 Å². The van der Waals surface area contributed by atoms with E-state index in [1.54, 1.807) is 0 Å². The van der Waals surface area contributed by atoms with Crippen molar-refractivity contribution in [1.82, 2.24) is 4.90 Å². The number of nitrogens with zero attached hydrogens (tertiary/aromatic N) is 1. The van der Waals surface area contributed by atoms with Crippen molar-refractivity contribution in [3.63, 3.8) is 0 Å². The second-order valence-electron chi connectivity index (χ2n) is 10.5. The maximum atomic E-state index is 13.6. The molecule has 1 heterocycles. The summed E-state index contributed by atoms with van der Waals surface area (Å²) in [6.07, 6.45) is -0.551. The Hall–Kier alpha value is -3.81. The SMILES string of the molecule is O=C1C[C@@H](OCc2ccccc2)[C@@H](OCc2ccccc2)[C@@H](COCc2ccccc2)N1CCOCc1ccccc1. The first-order valence-corrected chi connectivity index (χ1v) is 14.6. The Balaban J connectivity index is 1.31. The highest BCUT2D eigenvalue weighted by molar-refractivity contribution is 5.78. The Kier molecular flexibility index (Phi) is 11.3. The van der Waals surface area contributed by atoms with Crippen LogP contribution in [0.4, 0.5) is 0 Å². The first-order valence-electron chi connectivity index (χ1n) is 14.6. The molecular weight excluding hydrogens is 526 g/mol. The minimum absolute atomic E-state index is 0.0178. The van der Waals surface area contributed by atoms with E-state index in [0.717, 1.165) is 22.3 Å². The number of benzene rings is 4. The molecule has 0 bridgehead atoms. The van der Waals surface area contributed by atoms with Crippen LogP contribution in [-0.2, 0) is 50.2 Å². The molecule has 0 N–H and O–H groups in total. The molecule has 1 aliphatic heterocycles. The van der Waals surface area contributed by atoms with Gasteiger partial charge in [-0.2, -0.15) is 0 Å². The van der Waals surface area contributed by atoms with Crippen molar-refractivity contribution in [2.75, 3.05) is 19.8 Å². The molecular formula is C36H39NO5.